The number of benzene rings is 1. The average Bonchev–Trinajstić information content (AvgIpc) is 2.36. The van der Waals surface area contributed by atoms with Gasteiger partial charge < -0.3 is 10.1 Å². The van der Waals surface area contributed by atoms with E-state index in [4.69, 9.17) is 22.2 Å². The first-order valence-corrected chi connectivity index (χ1v) is 5.52. The molecule has 0 aliphatic heterocycles. The lowest BCUT2D eigenvalue weighted by molar-refractivity contribution is 0.250. The smallest absolute Gasteiger partial charge is 0.338 e. The Labute approximate surface area is 114 Å². The highest BCUT2D eigenvalue weighted by atomic mass is 35.5. The number of amides is 2. The quantitative estimate of drug-likeness (QED) is 0.312. The van der Waals surface area contributed by atoms with Crippen molar-refractivity contribution in [1.82, 2.24) is 16.3 Å². The molecular formula is C9H12ClN5O2S. The number of urea groups is 1. The van der Waals surface area contributed by atoms with Gasteiger partial charge in [0.2, 0.25) is 0 Å². The molecule has 18 heavy (non-hydrogen) atoms. The minimum atomic E-state index is -0.548. The van der Waals surface area contributed by atoms with Gasteiger partial charge in [0.15, 0.2) is 5.11 Å². The van der Waals surface area contributed by atoms with E-state index >= 15 is 0 Å². The van der Waals surface area contributed by atoms with Crippen molar-refractivity contribution in [2.75, 3.05) is 12.4 Å². The highest BCUT2D eigenvalue weighted by molar-refractivity contribution is 7.80. The van der Waals surface area contributed by atoms with Gasteiger partial charge in [0.25, 0.3) is 0 Å². The molecule has 0 aromatic heterocycles. The molecule has 0 aliphatic rings. The number of halogens is 1. The molecule has 0 saturated carbocycles. The molecule has 0 fully saturated rings. The topological polar surface area (TPSA) is 100 Å². The van der Waals surface area contributed by atoms with Crippen LogP contribution in [0.2, 0.25) is 5.02 Å². The van der Waals surface area contributed by atoms with Crippen LogP contribution in [-0.2, 0) is 0 Å². The Bertz CT molecular complexity index is 457. The zero-order valence-electron chi connectivity index (χ0n) is 9.41. The first kappa shape index (κ1) is 14.3. The van der Waals surface area contributed by atoms with Crippen LogP contribution in [0.15, 0.2) is 18.2 Å². The minimum Gasteiger partial charge on any atom is -0.495 e. The fourth-order valence-electron chi connectivity index (χ4n) is 1.08. The van der Waals surface area contributed by atoms with Gasteiger partial charge in [-0.1, -0.05) is 11.6 Å². The Morgan fingerprint density at radius 3 is 2.78 bits per heavy atom. The summed E-state index contributed by atoms with van der Waals surface area (Å²) in [6, 6.07) is 4.29. The number of carbonyl (C=O) groups is 1. The lowest BCUT2D eigenvalue weighted by Crippen LogP contribution is -2.50. The number of anilines is 1. The Hall–Kier alpha value is -1.77. The molecule has 0 bridgehead atoms. The molecule has 0 aliphatic carbocycles. The first-order valence-electron chi connectivity index (χ1n) is 4.74. The summed E-state index contributed by atoms with van der Waals surface area (Å²) in [4.78, 5) is 11.5. The lowest BCUT2D eigenvalue weighted by atomic mass is 10.3. The summed E-state index contributed by atoms with van der Waals surface area (Å²) in [7, 11) is 1.48. The van der Waals surface area contributed by atoms with Crippen LogP contribution in [-0.4, -0.2) is 18.3 Å². The molecule has 0 heterocycles. The molecule has 6 N–H and O–H groups in total. The molecule has 0 unspecified atom stereocenters. The number of hydrogen-bond acceptors (Lipinski definition) is 4. The molecule has 1 rings (SSSR count). The Morgan fingerprint density at radius 1 is 1.44 bits per heavy atom. The van der Waals surface area contributed by atoms with E-state index in [0.29, 0.717) is 16.5 Å². The van der Waals surface area contributed by atoms with Crippen molar-refractivity contribution in [3.05, 3.63) is 23.2 Å². The van der Waals surface area contributed by atoms with Gasteiger partial charge in [-0.2, -0.15) is 0 Å². The van der Waals surface area contributed by atoms with E-state index in [1.807, 2.05) is 0 Å². The molecule has 0 saturated heterocycles. The number of nitrogens with one attached hydrogen (secondary N) is 4. The van der Waals surface area contributed by atoms with E-state index in [1.165, 1.54) is 7.11 Å². The third kappa shape index (κ3) is 4.24. The summed E-state index contributed by atoms with van der Waals surface area (Å²) in [5, 5.41) is 3.07. The summed E-state index contributed by atoms with van der Waals surface area (Å²) >= 11 is 10.5. The Morgan fingerprint density at radius 2 is 2.17 bits per heavy atom. The standard InChI is InChI=1S/C9H12ClN5O2S/c1-17-7-3-2-5(10)4-6(7)12-8(16)14-15-9(18)13-11/h2-4H,11H2,1H3,(H2,12,14,16)(H2,13,15,18). The number of carbonyl (C=O) groups excluding carboxylic acids is 1. The molecule has 1 aromatic carbocycles. The number of ether oxygens (including phenoxy) is 1. The van der Waals surface area contributed by atoms with Crippen LogP contribution in [0.5, 0.6) is 5.75 Å². The number of thiocarbonyl (C=S) groups is 1. The highest BCUT2D eigenvalue weighted by Gasteiger charge is 2.07. The largest absolute Gasteiger partial charge is 0.495 e. The summed E-state index contributed by atoms with van der Waals surface area (Å²) in [5.41, 5.74) is 7.21. The van der Waals surface area contributed by atoms with E-state index in [-0.39, 0.29) is 5.11 Å². The molecular weight excluding hydrogens is 278 g/mol. The van der Waals surface area contributed by atoms with E-state index in [0.717, 1.165) is 0 Å². The summed E-state index contributed by atoms with van der Waals surface area (Å²) in [6.07, 6.45) is 0. The minimum absolute atomic E-state index is 0.0724. The zero-order valence-corrected chi connectivity index (χ0v) is 11.0. The Balaban J connectivity index is 2.63. The first-order chi connectivity index (χ1) is 8.56. The monoisotopic (exact) mass is 289 g/mol. The normalized spacial score (nSPS) is 9.28. The molecule has 2 amide bonds. The number of hydrogen-bond donors (Lipinski definition) is 5. The second-order valence-corrected chi connectivity index (χ2v) is 3.87. The maximum Gasteiger partial charge on any atom is 0.338 e. The maximum absolute atomic E-state index is 11.5. The van der Waals surface area contributed by atoms with E-state index in [1.54, 1.807) is 18.2 Å². The molecule has 7 nitrogen and oxygen atoms in total. The van der Waals surface area contributed by atoms with Crippen LogP contribution < -0.4 is 32.2 Å². The second kappa shape index (κ2) is 6.84. The molecule has 0 radical (unpaired) electrons. The molecule has 0 atom stereocenters. The van der Waals surface area contributed by atoms with Gasteiger partial charge in [0.05, 0.1) is 12.8 Å². The number of hydrazine groups is 2. The van der Waals surface area contributed by atoms with Gasteiger partial charge in [-0.05, 0) is 30.4 Å². The number of nitrogens with two attached hydrogens (primary N) is 1. The van der Waals surface area contributed by atoms with Crippen molar-refractivity contribution in [2.24, 2.45) is 5.84 Å². The van der Waals surface area contributed by atoms with Crippen molar-refractivity contribution < 1.29 is 9.53 Å². The average molecular weight is 290 g/mol. The van der Waals surface area contributed by atoms with Crippen molar-refractivity contribution in [3.63, 3.8) is 0 Å². The van der Waals surface area contributed by atoms with Crippen molar-refractivity contribution in [1.29, 1.82) is 0 Å². The van der Waals surface area contributed by atoms with Gasteiger partial charge in [-0.15, -0.1) is 0 Å². The number of methoxy groups -OCH3 is 1. The third-order valence-corrected chi connectivity index (χ3v) is 2.29. The van der Waals surface area contributed by atoms with Crippen LogP contribution in [0, 0.1) is 0 Å². The predicted octanol–water partition coefficient (Wildman–Crippen LogP) is 0.723. The molecule has 1 aromatic rings. The highest BCUT2D eigenvalue weighted by Crippen LogP contribution is 2.27. The van der Waals surface area contributed by atoms with Crippen LogP contribution >= 0.6 is 23.8 Å². The van der Waals surface area contributed by atoms with E-state index in [2.05, 4.69) is 33.8 Å². The van der Waals surface area contributed by atoms with Crippen LogP contribution in [0.4, 0.5) is 10.5 Å². The maximum atomic E-state index is 11.5. The van der Waals surface area contributed by atoms with Crippen LogP contribution in [0.1, 0.15) is 0 Å². The molecule has 9 heteroatoms. The van der Waals surface area contributed by atoms with Gasteiger partial charge in [0, 0.05) is 5.02 Å². The van der Waals surface area contributed by atoms with E-state index in [9.17, 15) is 4.79 Å². The summed E-state index contributed by atoms with van der Waals surface area (Å²) < 4.78 is 5.07. The third-order valence-electron chi connectivity index (χ3n) is 1.83. The van der Waals surface area contributed by atoms with Crippen molar-refractivity contribution in [2.45, 2.75) is 0 Å². The Kier molecular flexibility index (Phi) is 5.43. The number of rotatable bonds is 2. The van der Waals surface area contributed by atoms with Gasteiger partial charge >= 0.3 is 6.03 Å². The van der Waals surface area contributed by atoms with Gasteiger partial charge in [-0.3, -0.25) is 10.9 Å². The van der Waals surface area contributed by atoms with Crippen LogP contribution in [0.3, 0.4) is 0 Å². The van der Waals surface area contributed by atoms with Crippen LogP contribution in [0.25, 0.3) is 0 Å². The molecule has 0 spiro atoms. The summed E-state index contributed by atoms with van der Waals surface area (Å²) in [6.45, 7) is 0. The molecule has 98 valence electrons. The van der Waals surface area contributed by atoms with Crippen molar-refractivity contribution in [3.8, 4) is 5.75 Å². The second-order valence-electron chi connectivity index (χ2n) is 3.02. The predicted molar refractivity (Wildman–Crippen MR) is 73.2 cm³/mol. The SMILES string of the molecule is COc1ccc(Cl)cc1NC(=O)NNC(=S)NN. The zero-order chi connectivity index (χ0) is 13.5. The lowest BCUT2D eigenvalue weighted by Gasteiger charge is -2.12. The van der Waals surface area contributed by atoms with Gasteiger partial charge in [0.1, 0.15) is 5.75 Å². The van der Waals surface area contributed by atoms with E-state index < -0.39 is 6.03 Å². The fourth-order valence-corrected chi connectivity index (χ4v) is 1.30. The van der Waals surface area contributed by atoms with Crippen molar-refractivity contribution >= 4 is 40.6 Å². The van der Waals surface area contributed by atoms with Gasteiger partial charge in [-0.25, -0.2) is 16.1 Å². The fraction of sp³-hybridized carbons (Fsp3) is 0.111. The summed E-state index contributed by atoms with van der Waals surface area (Å²) in [5.74, 6) is 5.49.